The number of nitriles is 3. The van der Waals surface area contributed by atoms with Gasteiger partial charge in [0, 0.05) is 54.8 Å². The van der Waals surface area contributed by atoms with Gasteiger partial charge in [-0.2, -0.15) is 45.7 Å². The number of H-pyrrole nitrogens is 1. The van der Waals surface area contributed by atoms with Crippen LogP contribution in [0, 0.1) is 75.5 Å². The van der Waals surface area contributed by atoms with Crippen molar-refractivity contribution in [1.82, 2.24) is 59.0 Å². The van der Waals surface area contributed by atoms with Gasteiger partial charge in [0.2, 0.25) is 23.7 Å². The lowest BCUT2D eigenvalue weighted by Crippen LogP contribution is -2.05. The molecule has 0 aliphatic carbocycles. The zero-order valence-corrected chi connectivity index (χ0v) is 62.5. The number of benzene rings is 9. The van der Waals surface area contributed by atoms with Crippen molar-refractivity contribution in [1.29, 1.82) is 15.8 Å². The minimum Gasteiger partial charge on any atom is -0.497 e. The number of methoxy groups -OCH3 is 1. The number of hydrogen-bond acceptors (Lipinski definition) is 20. The summed E-state index contributed by atoms with van der Waals surface area (Å²) < 4.78 is 28.1. The van der Waals surface area contributed by atoms with Crippen LogP contribution in [0.2, 0.25) is 0 Å². The second kappa shape index (κ2) is 32.8. The highest BCUT2D eigenvalue weighted by Crippen LogP contribution is 2.39. The van der Waals surface area contributed by atoms with E-state index < -0.39 is 0 Å². The van der Waals surface area contributed by atoms with Crippen LogP contribution in [0.15, 0.2) is 238 Å². The minimum atomic E-state index is 0.0435. The molecule has 0 atom stereocenters. The fourth-order valence-electron chi connectivity index (χ4n) is 12.8. The monoisotopic (exact) mass is 1470 g/mol. The number of carbonyl (C=O) groups excluding carboxylic acids is 1. The highest BCUT2D eigenvalue weighted by molar-refractivity contribution is 5.94. The highest BCUT2D eigenvalue weighted by Gasteiger charge is 2.21. The molecule has 0 bridgehead atoms. The Morgan fingerprint density at radius 2 is 0.991 bits per heavy atom. The molecule has 0 aliphatic heterocycles. The van der Waals surface area contributed by atoms with Gasteiger partial charge < -0.3 is 49.0 Å². The summed E-state index contributed by atoms with van der Waals surface area (Å²) in [7, 11) is 3.53. The zero-order chi connectivity index (χ0) is 77.9. The summed E-state index contributed by atoms with van der Waals surface area (Å²) >= 11 is 0. The van der Waals surface area contributed by atoms with E-state index in [2.05, 4.69) is 103 Å². The standard InChI is InChI=1S/C35H29N5O2.C29H24N6O2.C25H19N7O/c1-23-19-26(21-36)20-24(2)32(23)37-35-38-33-31(17-18-40(33)22-25-9-13-29(41-3)14-10-25)34(39-35)42-30-15-11-28(12-16-30)27-7-5-4-6-8-27;1-17-13-23(22-9-7-21(8-10-22)19(3)36)14-18(2)26(17)37-28-25-27(31-16-35(25)4)33-29(34-28)32-24-11-5-20(15-30)6-12-24;1-15-11-17(13-26)12-16(2)21(15)30-25-31-23-22(28-14-29-23)24(32-25)33-20-5-3-18(4-6-20)19-7-9-27-10-8-19/h4-20H,22H2,1-3H3,(H,37,38,39);5-14,16H,1-4H3,(H,32,33,34);3-12,14H,1-2H3,(H2,28,29,30,31,32). The fraction of sp³-hybridized carbons (Fsp3) is 0.112. The minimum absolute atomic E-state index is 0.0435. The Morgan fingerprint density at radius 3 is 1.57 bits per heavy atom. The number of ether oxygens (including phenoxy) is 4. The first kappa shape index (κ1) is 73.5. The average molecular weight is 1470 g/mol. The third-order valence-electron chi connectivity index (χ3n) is 18.5. The molecule has 112 heavy (non-hydrogen) atoms. The van der Waals surface area contributed by atoms with Gasteiger partial charge >= 0.3 is 0 Å². The number of rotatable bonds is 19. The largest absolute Gasteiger partial charge is 0.497 e. The summed E-state index contributed by atoms with van der Waals surface area (Å²) in [6, 6.07) is 72.4. The molecule has 0 spiro atoms. The second-order valence-corrected chi connectivity index (χ2v) is 26.5. The van der Waals surface area contributed by atoms with Crippen molar-refractivity contribution in [3.05, 3.63) is 299 Å². The Bertz CT molecular complexity index is 6220. The van der Waals surface area contributed by atoms with Gasteiger partial charge in [-0.1, -0.05) is 91.0 Å². The first-order chi connectivity index (χ1) is 54.4. The van der Waals surface area contributed by atoms with Crippen molar-refractivity contribution in [2.45, 2.75) is 55.0 Å². The number of aromatic amines is 1. The average Bonchev–Trinajstić information content (AvgIpc) is 1.48. The first-order valence-corrected chi connectivity index (χ1v) is 35.6. The van der Waals surface area contributed by atoms with Gasteiger partial charge in [0.05, 0.1) is 60.0 Å². The van der Waals surface area contributed by atoms with E-state index in [-0.39, 0.29) is 5.78 Å². The maximum atomic E-state index is 11.6. The van der Waals surface area contributed by atoms with Gasteiger partial charge in [-0.05, 0) is 236 Å². The van der Waals surface area contributed by atoms with Gasteiger partial charge in [0.15, 0.2) is 22.6 Å². The Morgan fingerprint density at radius 1 is 0.482 bits per heavy atom. The normalized spacial score (nSPS) is 10.8. The lowest BCUT2D eigenvalue weighted by Gasteiger charge is -2.15. The van der Waals surface area contributed by atoms with Gasteiger partial charge in [-0.15, -0.1) is 0 Å². The number of imidazole rings is 2. The van der Waals surface area contributed by atoms with Gasteiger partial charge in [0.1, 0.15) is 34.2 Å². The maximum absolute atomic E-state index is 11.6. The number of hydrogen-bond donors (Lipinski definition) is 4. The summed E-state index contributed by atoms with van der Waals surface area (Å²) in [5.41, 5.74) is 21.1. The molecule has 16 rings (SSSR count). The number of nitrogens with zero attached hydrogens (tertiary/aromatic N) is 14. The molecule has 7 aromatic heterocycles. The predicted octanol–water partition coefficient (Wildman–Crippen LogP) is 19.9. The fourth-order valence-corrected chi connectivity index (χ4v) is 12.8. The van der Waals surface area contributed by atoms with Gasteiger partial charge in [0.25, 0.3) is 11.8 Å². The highest BCUT2D eigenvalue weighted by atomic mass is 16.5. The number of carbonyl (C=O) groups is 1. The molecule has 23 heteroatoms. The number of anilines is 6. The second-order valence-electron chi connectivity index (χ2n) is 26.5. The third-order valence-corrected chi connectivity index (χ3v) is 18.5. The molecule has 0 saturated heterocycles. The van der Waals surface area contributed by atoms with Crippen LogP contribution in [0.5, 0.6) is 40.6 Å². The van der Waals surface area contributed by atoms with Crippen molar-refractivity contribution >= 4 is 74.1 Å². The Hall–Kier alpha value is -15.4. The molecule has 0 unspecified atom stereocenters. The number of ketones is 1. The van der Waals surface area contributed by atoms with Crippen molar-refractivity contribution in [3.8, 4) is 92.2 Å². The lowest BCUT2D eigenvalue weighted by atomic mass is 9.98. The van der Waals surface area contributed by atoms with E-state index in [9.17, 15) is 15.3 Å². The molecule has 0 fully saturated rings. The van der Waals surface area contributed by atoms with E-state index in [1.165, 1.54) is 0 Å². The van der Waals surface area contributed by atoms with Gasteiger partial charge in [-0.3, -0.25) is 9.78 Å². The van der Waals surface area contributed by atoms with E-state index in [4.69, 9.17) is 34.2 Å². The van der Waals surface area contributed by atoms with E-state index in [1.54, 1.807) is 63.3 Å². The molecule has 548 valence electrons. The zero-order valence-electron chi connectivity index (χ0n) is 62.5. The number of aryl methyl sites for hydroxylation is 7. The maximum Gasteiger partial charge on any atom is 0.250 e. The van der Waals surface area contributed by atoms with Crippen LogP contribution in [-0.2, 0) is 13.6 Å². The van der Waals surface area contributed by atoms with E-state index in [0.29, 0.717) is 104 Å². The van der Waals surface area contributed by atoms with Crippen molar-refractivity contribution < 1.29 is 23.7 Å². The lowest BCUT2D eigenvalue weighted by molar-refractivity contribution is 0.101. The smallest absolute Gasteiger partial charge is 0.250 e. The molecule has 0 saturated carbocycles. The Balaban J connectivity index is 0.000000141. The number of nitrogens with one attached hydrogen (secondary N) is 4. The van der Waals surface area contributed by atoms with Crippen molar-refractivity contribution in [2.24, 2.45) is 7.05 Å². The van der Waals surface area contributed by atoms with Crippen LogP contribution in [-0.4, -0.2) is 71.9 Å². The van der Waals surface area contributed by atoms with Crippen molar-refractivity contribution in [2.75, 3.05) is 23.1 Å². The Labute approximate surface area is 645 Å². The Kier molecular flexibility index (Phi) is 21.5. The van der Waals surface area contributed by atoms with Crippen LogP contribution in [0.25, 0.3) is 66.7 Å². The van der Waals surface area contributed by atoms with Crippen molar-refractivity contribution in [3.63, 3.8) is 0 Å². The molecule has 9 aromatic carbocycles. The summed E-state index contributed by atoms with van der Waals surface area (Å²) in [4.78, 5) is 55.4. The first-order valence-electron chi connectivity index (χ1n) is 35.6. The van der Waals surface area contributed by atoms with Crippen LogP contribution in [0.4, 0.5) is 34.9 Å². The summed E-state index contributed by atoms with van der Waals surface area (Å²) in [5.74, 6) is 5.16. The molecule has 7 heterocycles. The number of fused-ring (bicyclic) bond motifs is 3. The van der Waals surface area contributed by atoms with Crippen LogP contribution in [0.1, 0.15) is 72.9 Å². The van der Waals surface area contributed by atoms with E-state index in [0.717, 1.165) is 106 Å². The summed E-state index contributed by atoms with van der Waals surface area (Å²) in [6.45, 7) is 14.0. The molecule has 16 aromatic rings. The van der Waals surface area contributed by atoms with E-state index in [1.807, 2.05) is 217 Å². The molecule has 0 radical (unpaired) electrons. The predicted molar refractivity (Wildman–Crippen MR) is 433 cm³/mol. The molecule has 4 N–H and O–H groups in total. The molecular weight excluding hydrogens is 1400 g/mol. The number of aromatic nitrogens is 12. The summed E-state index contributed by atoms with van der Waals surface area (Å²) in [5, 5.41) is 38.2. The van der Waals surface area contributed by atoms with Gasteiger partial charge in [-0.25, -0.2) is 9.97 Å². The number of Topliss-reactive ketones (excluding diaryl/α,β-unsaturated/α-hetero) is 1. The molecule has 0 amide bonds. The SMILES string of the molecule is CC(=O)c1ccc(-c2cc(C)c(Oc3nc(Nc4ccc(C#N)cc4)nc4ncn(C)c34)c(C)c2)cc1.COc1ccc(Cn2ccc3c(Oc4ccc(-c5ccccc5)cc4)nc(Nc4c(C)cc(C#N)cc4C)nc32)cc1.Cc1cc(C#N)cc(C)c1Nc1nc(Oc2ccc(-c3ccncc3)cc2)c2[nH]cnc2n1. The topological polar surface area (TPSA) is 303 Å². The van der Waals surface area contributed by atoms with Crippen LogP contribution in [0.3, 0.4) is 0 Å². The molecular formula is C89H72N18O5. The van der Waals surface area contributed by atoms with Crippen LogP contribution >= 0.6 is 0 Å². The molecule has 23 nitrogen and oxygen atoms in total. The summed E-state index contributed by atoms with van der Waals surface area (Å²) in [6.07, 6.45) is 8.76. The van der Waals surface area contributed by atoms with E-state index >= 15 is 0 Å². The quantitative estimate of drug-likeness (QED) is 0.0547. The van der Waals surface area contributed by atoms with Crippen LogP contribution < -0.4 is 34.9 Å². The number of pyridine rings is 1. The molecule has 0 aliphatic rings. The third kappa shape index (κ3) is 16.7.